The number of furan rings is 1. The van der Waals surface area contributed by atoms with E-state index in [1.807, 2.05) is 19.1 Å². The second-order valence-electron chi connectivity index (χ2n) is 10.0. The summed E-state index contributed by atoms with van der Waals surface area (Å²) in [4.78, 5) is 14.4. The average molecular weight is 487 g/mol. The molecule has 0 saturated carbocycles. The highest BCUT2D eigenvalue weighted by molar-refractivity contribution is 6.04. The Morgan fingerprint density at radius 1 is 1.11 bits per heavy atom. The number of carbonyl (C=O) groups excluding carboxylic acids is 1. The van der Waals surface area contributed by atoms with Crippen molar-refractivity contribution in [1.29, 1.82) is 0 Å². The number of allylic oxidation sites excluding steroid dienone is 1. The Labute approximate surface area is 210 Å². The zero-order valence-electron chi connectivity index (χ0n) is 21.6. The average Bonchev–Trinajstić information content (AvgIpc) is 3.17. The first-order chi connectivity index (χ1) is 17.0. The quantitative estimate of drug-likeness (QED) is 0.461. The second kappa shape index (κ2) is 8.22. The third kappa shape index (κ3) is 3.71. The normalized spacial score (nSPS) is 16.2. The summed E-state index contributed by atoms with van der Waals surface area (Å²) in [6, 6.07) is 9.05. The number of phenolic OH excluding ortho intramolecular Hbond substituents is 1. The van der Waals surface area contributed by atoms with Crippen LogP contribution in [0.4, 0.5) is 5.69 Å². The topological polar surface area (TPSA) is 84.2 Å². The molecule has 2 aliphatic heterocycles. The number of hydrogen-bond acceptors (Lipinski definition) is 6. The summed E-state index contributed by atoms with van der Waals surface area (Å²) in [5.41, 5.74) is 5.63. The molecule has 186 valence electrons. The molecule has 7 nitrogen and oxygen atoms in total. The molecule has 0 bridgehead atoms. The molecule has 0 atom stereocenters. The van der Waals surface area contributed by atoms with E-state index in [0.29, 0.717) is 39.9 Å². The number of phenols is 1. The molecule has 0 unspecified atom stereocenters. The van der Waals surface area contributed by atoms with E-state index in [9.17, 15) is 9.90 Å². The van der Waals surface area contributed by atoms with E-state index in [4.69, 9.17) is 13.9 Å². The Bertz CT molecular complexity index is 1470. The van der Waals surface area contributed by atoms with Gasteiger partial charge in [0, 0.05) is 42.5 Å². The van der Waals surface area contributed by atoms with Crippen LogP contribution in [0.3, 0.4) is 0 Å². The number of anilines is 1. The molecule has 0 saturated heterocycles. The van der Waals surface area contributed by atoms with E-state index in [-0.39, 0.29) is 17.2 Å². The molecule has 1 aromatic heterocycles. The summed E-state index contributed by atoms with van der Waals surface area (Å²) in [5, 5.41) is 14.1. The molecule has 2 aromatic carbocycles. The molecule has 2 aliphatic rings. The number of amides is 1. The molecule has 2 N–H and O–H groups in total. The third-order valence-corrected chi connectivity index (χ3v) is 6.46. The molecule has 3 heterocycles. The maximum atomic E-state index is 12.9. The van der Waals surface area contributed by atoms with E-state index in [1.54, 1.807) is 38.4 Å². The number of aryl methyl sites for hydroxylation is 1. The summed E-state index contributed by atoms with van der Waals surface area (Å²) in [6.07, 6.45) is 3.96. The summed E-state index contributed by atoms with van der Waals surface area (Å²) in [6.45, 7) is 8.13. The van der Waals surface area contributed by atoms with Crippen LogP contribution >= 0.6 is 0 Å². The van der Waals surface area contributed by atoms with Crippen molar-refractivity contribution in [3.63, 3.8) is 0 Å². The number of nitrogens with one attached hydrogen (secondary N) is 1. The maximum absolute atomic E-state index is 12.9. The third-order valence-electron chi connectivity index (χ3n) is 6.46. The molecule has 0 spiro atoms. The summed E-state index contributed by atoms with van der Waals surface area (Å²) in [5.74, 6) is 2.35. The zero-order chi connectivity index (χ0) is 25.9. The first-order valence-corrected chi connectivity index (χ1v) is 11.8. The van der Waals surface area contributed by atoms with Gasteiger partial charge in [-0.25, -0.2) is 0 Å². The van der Waals surface area contributed by atoms with Gasteiger partial charge in [-0.2, -0.15) is 0 Å². The van der Waals surface area contributed by atoms with E-state index in [0.717, 1.165) is 28.0 Å². The van der Waals surface area contributed by atoms with Crippen molar-refractivity contribution < 1.29 is 23.8 Å². The van der Waals surface area contributed by atoms with Gasteiger partial charge in [-0.1, -0.05) is 12.1 Å². The van der Waals surface area contributed by atoms with Gasteiger partial charge in [-0.15, -0.1) is 0 Å². The summed E-state index contributed by atoms with van der Waals surface area (Å²) in [7, 11) is 4.95. The number of benzene rings is 2. The van der Waals surface area contributed by atoms with Gasteiger partial charge >= 0.3 is 0 Å². The minimum absolute atomic E-state index is 0.0306. The molecule has 0 fully saturated rings. The molecule has 0 aliphatic carbocycles. The van der Waals surface area contributed by atoms with Crippen LogP contribution in [0.15, 0.2) is 40.8 Å². The van der Waals surface area contributed by atoms with Crippen LogP contribution in [0.1, 0.15) is 53.8 Å². The van der Waals surface area contributed by atoms with Gasteiger partial charge in [-0.3, -0.25) is 4.79 Å². The number of hydrogen-bond donors (Lipinski definition) is 2. The number of ether oxygens (including phenoxy) is 2. The second-order valence-corrected chi connectivity index (χ2v) is 10.0. The van der Waals surface area contributed by atoms with Crippen molar-refractivity contribution in [2.45, 2.75) is 33.2 Å². The van der Waals surface area contributed by atoms with Crippen molar-refractivity contribution in [1.82, 2.24) is 4.90 Å². The molecule has 1 amide bonds. The SMILES string of the molecule is COc1c(O)ccc2c1-c1ccc3c(c1/C(=C/c1oc(C)cc1C(=O)N(C)C)O2)C(C)=CC(C)(C)N3. The molecule has 5 rings (SSSR count). The van der Waals surface area contributed by atoms with Crippen molar-refractivity contribution in [2.75, 3.05) is 26.5 Å². The van der Waals surface area contributed by atoms with Crippen molar-refractivity contribution >= 4 is 29.0 Å². The zero-order valence-corrected chi connectivity index (χ0v) is 21.6. The largest absolute Gasteiger partial charge is 0.504 e. The lowest BCUT2D eigenvalue weighted by Gasteiger charge is -2.35. The predicted octanol–water partition coefficient (Wildman–Crippen LogP) is 6.17. The maximum Gasteiger partial charge on any atom is 0.257 e. The lowest BCUT2D eigenvalue weighted by atomic mass is 9.83. The van der Waals surface area contributed by atoms with Crippen LogP contribution in [0.2, 0.25) is 0 Å². The van der Waals surface area contributed by atoms with Gasteiger partial charge in [-0.05, 0) is 57.5 Å². The number of nitrogens with zero attached hydrogens (tertiary/aromatic N) is 1. The van der Waals surface area contributed by atoms with Gasteiger partial charge in [0.25, 0.3) is 5.91 Å². The highest BCUT2D eigenvalue weighted by Crippen LogP contribution is 2.54. The molecular weight excluding hydrogens is 456 g/mol. The van der Waals surface area contributed by atoms with Gasteiger partial charge in [0.2, 0.25) is 0 Å². The van der Waals surface area contributed by atoms with E-state index >= 15 is 0 Å². The van der Waals surface area contributed by atoms with Crippen molar-refractivity contribution in [3.8, 4) is 28.4 Å². The van der Waals surface area contributed by atoms with E-state index < -0.39 is 0 Å². The molecule has 3 aromatic rings. The van der Waals surface area contributed by atoms with Crippen LogP contribution in [0.25, 0.3) is 28.5 Å². The van der Waals surface area contributed by atoms with Crippen molar-refractivity contribution in [3.05, 3.63) is 64.6 Å². The number of aromatic hydroxyl groups is 1. The highest BCUT2D eigenvalue weighted by Gasteiger charge is 2.34. The van der Waals surface area contributed by atoms with Crippen LogP contribution in [0, 0.1) is 6.92 Å². The molecular formula is C29H30N2O5. The smallest absolute Gasteiger partial charge is 0.257 e. The minimum atomic E-state index is -0.220. The van der Waals surface area contributed by atoms with Crippen LogP contribution < -0.4 is 14.8 Å². The van der Waals surface area contributed by atoms with Gasteiger partial charge in [0.1, 0.15) is 23.0 Å². The fraction of sp³-hybridized carbons (Fsp3) is 0.276. The number of methoxy groups -OCH3 is 1. The van der Waals surface area contributed by atoms with Gasteiger partial charge in [0.15, 0.2) is 11.5 Å². The number of rotatable bonds is 3. The fourth-order valence-corrected chi connectivity index (χ4v) is 5.12. The van der Waals surface area contributed by atoms with E-state index in [1.165, 1.54) is 12.0 Å². The monoisotopic (exact) mass is 486 g/mol. The van der Waals surface area contributed by atoms with Crippen LogP contribution in [0.5, 0.6) is 17.2 Å². The van der Waals surface area contributed by atoms with E-state index in [2.05, 4.69) is 32.2 Å². The lowest BCUT2D eigenvalue weighted by molar-refractivity contribution is 0.0826. The van der Waals surface area contributed by atoms with Crippen LogP contribution in [-0.2, 0) is 0 Å². The Morgan fingerprint density at radius 2 is 1.86 bits per heavy atom. The predicted molar refractivity (Wildman–Crippen MR) is 141 cm³/mol. The van der Waals surface area contributed by atoms with Gasteiger partial charge < -0.3 is 29.2 Å². The Kier molecular flexibility index (Phi) is 5.39. The Morgan fingerprint density at radius 3 is 2.56 bits per heavy atom. The standard InChI is InChI=1S/C29H30N2O5/c1-15-14-29(3,4)30-19-9-8-17-25(24(15)19)23(36-21-11-10-20(32)27(34-7)26(17)21)13-22-18(12-16(2)35-22)28(33)31(5)6/h8-14,30,32H,1-7H3/b23-13-. The summed E-state index contributed by atoms with van der Waals surface area (Å²) < 4.78 is 18.0. The minimum Gasteiger partial charge on any atom is -0.504 e. The van der Waals surface area contributed by atoms with Crippen LogP contribution in [-0.4, -0.2) is 42.7 Å². The number of fused-ring (bicyclic) bond motifs is 5. The fourth-order valence-electron chi connectivity index (χ4n) is 5.12. The molecule has 0 radical (unpaired) electrons. The lowest BCUT2D eigenvalue weighted by Crippen LogP contribution is -2.32. The Hall–Kier alpha value is -4.13. The molecule has 7 heteroatoms. The van der Waals surface area contributed by atoms with Crippen molar-refractivity contribution in [2.24, 2.45) is 0 Å². The molecule has 36 heavy (non-hydrogen) atoms. The Balaban J connectivity index is 1.82. The highest BCUT2D eigenvalue weighted by atomic mass is 16.5. The summed E-state index contributed by atoms with van der Waals surface area (Å²) >= 11 is 0. The first-order valence-electron chi connectivity index (χ1n) is 11.8. The number of carbonyl (C=O) groups is 1. The first kappa shape index (κ1) is 23.6. The van der Waals surface area contributed by atoms with Gasteiger partial charge in [0.05, 0.1) is 23.8 Å².